The molecule has 2 aromatic rings. The van der Waals surface area contributed by atoms with Gasteiger partial charge in [0.25, 0.3) is 5.91 Å². The van der Waals surface area contributed by atoms with E-state index < -0.39 is 6.10 Å². The summed E-state index contributed by atoms with van der Waals surface area (Å²) in [6, 6.07) is 7.67. The summed E-state index contributed by atoms with van der Waals surface area (Å²) in [4.78, 5) is 37.2. The molecule has 2 atom stereocenters. The van der Waals surface area contributed by atoms with Crippen LogP contribution in [0.2, 0.25) is 0 Å². The zero-order valence-corrected chi connectivity index (χ0v) is 15.9. The smallest absolute Gasteiger partial charge is 0.255 e. The molecule has 2 aromatic heterocycles. The number of rotatable bonds is 5. The highest BCUT2D eigenvalue weighted by atomic mass is 16.5. The predicted molar refractivity (Wildman–Crippen MR) is 102 cm³/mol. The fourth-order valence-electron chi connectivity index (χ4n) is 4.20. The number of piperidine rings is 1. The molecule has 7 heteroatoms. The first-order chi connectivity index (χ1) is 13.7. The Morgan fingerprint density at radius 1 is 1.14 bits per heavy atom. The third-order valence-corrected chi connectivity index (χ3v) is 5.67. The second kappa shape index (κ2) is 8.06. The summed E-state index contributed by atoms with van der Waals surface area (Å²) in [7, 11) is 1.58. The average Bonchev–Trinajstić information content (AvgIpc) is 2.74. The fourth-order valence-corrected chi connectivity index (χ4v) is 4.20. The molecule has 2 aliphatic heterocycles. The van der Waals surface area contributed by atoms with E-state index in [1.165, 1.54) is 0 Å². The summed E-state index contributed by atoms with van der Waals surface area (Å²) in [5, 5.41) is 0. The van der Waals surface area contributed by atoms with Crippen LogP contribution in [0.3, 0.4) is 0 Å². The van der Waals surface area contributed by atoms with E-state index in [4.69, 9.17) is 4.74 Å². The van der Waals surface area contributed by atoms with E-state index >= 15 is 0 Å². The minimum absolute atomic E-state index is 0.0319. The van der Waals surface area contributed by atoms with Gasteiger partial charge in [-0.1, -0.05) is 6.07 Å². The number of nitrogens with zero attached hydrogens (tertiary/aromatic N) is 4. The number of ether oxygens (including phenoxy) is 1. The maximum absolute atomic E-state index is 12.6. The minimum atomic E-state index is -0.437. The molecular weight excluding hydrogens is 356 g/mol. The lowest BCUT2D eigenvalue weighted by Gasteiger charge is -2.52. The predicted octanol–water partition coefficient (Wildman–Crippen LogP) is 1.61. The molecule has 0 N–H and O–H groups in total. The highest BCUT2D eigenvalue weighted by Crippen LogP contribution is 2.40. The van der Waals surface area contributed by atoms with Crippen LogP contribution in [0.15, 0.2) is 49.1 Å². The van der Waals surface area contributed by atoms with Gasteiger partial charge >= 0.3 is 0 Å². The average molecular weight is 380 g/mol. The van der Waals surface area contributed by atoms with Crippen molar-refractivity contribution in [3.05, 3.63) is 60.2 Å². The van der Waals surface area contributed by atoms with Crippen LogP contribution in [-0.4, -0.2) is 63.9 Å². The number of pyridine rings is 2. The molecule has 28 heavy (non-hydrogen) atoms. The van der Waals surface area contributed by atoms with Gasteiger partial charge in [0, 0.05) is 51.0 Å². The quantitative estimate of drug-likeness (QED) is 0.737. The first-order valence-electron chi connectivity index (χ1n) is 9.60. The van der Waals surface area contributed by atoms with Gasteiger partial charge in [-0.3, -0.25) is 19.6 Å². The highest BCUT2D eigenvalue weighted by Gasteiger charge is 2.51. The van der Waals surface area contributed by atoms with Gasteiger partial charge in [0.1, 0.15) is 0 Å². The van der Waals surface area contributed by atoms with E-state index in [0.29, 0.717) is 19.5 Å². The molecule has 4 rings (SSSR count). The van der Waals surface area contributed by atoms with Gasteiger partial charge in [-0.15, -0.1) is 0 Å². The zero-order chi connectivity index (χ0) is 19.5. The van der Waals surface area contributed by atoms with E-state index in [1.807, 2.05) is 34.1 Å². The van der Waals surface area contributed by atoms with E-state index in [1.54, 1.807) is 31.9 Å². The van der Waals surface area contributed by atoms with Gasteiger partial charge in [-0.25, -0.2) is 0 Å². The van der Waals surface area contributed by atoms with Crippen LogP contribution in [0, 0.1) is 0 Å². The lowest BCUT2D eigenvalue weighted by molar-refractivity contribution is -0.178. The number of amides is 2. The van der Waals surface area contributed by atoms with E-state index in [9.17, 15) is 9.59 Å². The Balaban J connectivity index is 1.39. The third kappa shape index (κ3) is 3.49. The minimum Gasteiger partial charge on any atom is -0.369 e. The van der Waals surface area contributed by atoms with Gasteiger partial charge < -0.3 is 14.5 Å². The van der Waals surface area contributed by atoms with Crippen molar-refractivity contribution in [2.45, 2.75) is 37.5 Å². The molecule has 0 aromatic carbocycles. The highest BCUT2D eigenvalue weighted by molar-refractivity contribution is 5.89. The molecule has 2 aliphatic rings. The molecule has 2 fully saturated rings. The monoisotopic (exact) mass is 380 g/mol. The van der Waals surface area contributed by atoms with Gasteiger partial charge in [-0.05, 0) is 42.2 Å². The molecular formula is C21H24N4O3. The number of aromatic nitrogens is 2. The van der Waals surface area contributed by atoms with Crippen LogP contribution in [0.25, 0.3) is 0 Å². The van der Waals surface area contributed by atoms with Crippen molar-refractivity contribution in [2.75, 3.05) is 20.2 Å². The molecule has 2 amide bonds. The molecule has 0 bridgehead atoms. The lowest BCUT2D eigenvalue weighted by atomic mass is 9.86. The van der Waals surface area contributed by atoms with Crippen LogP contribution < -0.4 is 0 Å². The Morgan fingerprint density at radius 3 is 2.54 bits per heavy atom. The van der Waals surface area contributed by atoms with Crippen molar-refractivity contribution in [1.82, 2.24) is 19.8 Å². The van der Waals surface area contributed by atoms with Crippen molar-refractivity contribution in [3.63, 3.8) is 0 Å². The third-order valence-electron chi connectivity index (χ3n) is 5.67. The number of carbonyl (C=O) groups excluding carboxylic acids is 2. The summed E-state index contributed by atoms with van der Waals surface area (Å²) in [6.45, 7) is 1.32. The van der Waals surface area contributed by atoms with Crippen molar-refractivity contribution >= 4 is 11.8 Å². The van der Waals surface area contributed by atoms with Gasteiger partial charge in [0.2, 0.25) is 5.91 Å². The van der Waals surface area contributed by atoms with E-state index in [-0.39, 0.29) is 23.9 Å². The van der Waals surface area contributed by atoms with Crippen LogP contribution in [0.4, 0.5) is 0 Å². The van der Waals surface area contributed by atoms with Gasteiger partial charge in [-0.2, -0.15) is 0 Å². The molecule has 0 unspecified atom stereocenters. The molecule has 0 aliphatic carbocycles. The zero-order valence-electron chi connectivity index (χ0n) is 15.9. The molecule has 2 saturated heterocycles. The first-order valence-corrected chi connectivity index (χ1v) is 9.60. The Morgan fingerprint density at radius 2 is 1.89 bits per heavy atom. The topological polar surface area (TPSA) is 75.6 Å². The summed E-state index contributed by atoms with van der Waals surface area (Å²) >= 11 is 0. The second-order valence-electron chi connectivity index (χ2n) is 7.28. The largest absolute Gasteiger partial charge is 0.369 e. The number of hydrogen-bond acceptors (Lipinski definition) is 5. The van der Waals surface area contributed by atoms with Crippen LogP contribution in [-0.2, 0) is 20.7 Å². The summed E-state index contributed by atoms with van der Waals surface area (Å²) in [5.41, 5.74) is 1.96. The molecule has 0 saturated carbocycles. The summed E-state index contributed by atoms with van der Waals surface area (Å²) < 4.78 is 5.43. The molecule has 146 valence electrons. The lowest BCUT2D eigenvalue weighted by Crippen LogP contribution is -2.64. The summed E-state index contributed by atoms with van der Waals surface area (Å²) in [5.74, 6) is 0.145. The Hall–Kier alpha value is -2.80. The number of methoxy groups -OCH3 is 1. The van der Waals surface area contributed by atoms with Gasteiger partial charge in [0.15, 0.2) is 6.10 Å². The van der Waals surface area contributed by atoms with Crippen molar-refractivity contribution in [3.8, 4) is 0 Å². The maximum Gasteiger partial charge on any atom is 0.255 e. The molecule has 0 spiro atoms. The van der Waals surface area contributed by atoms with Gasteiger partial charge in [0.05, 0.1) is 12.5 Å². The van der Waals surface area contributed by atoms with Crippen LogP contribution in [0.1, 0.15) is 30.0 Å². The second-order valence-corrected chi connectivity index (χ2v) is 7.28. The number of β-lactam (4-membered cyclic amide) rings is 1. The molecule has 4 heterocycles. The SMILES string of the molecule is CO[C@H]1C(=O)N(C2CCN(C(=O)Cc3cccnc3)CC2)[C@H]1c1ccncc1. The normalized spacial score (nSPS) is 22.8. The number of carbonyl (C=O) groups is 2. The Bertz CT molecular complexity index is 822. The van der Waals surface area contributed by atoms with E-state index in [2.05, 4.69) is 9.97 Å². The van der Waals surface area contributed by atoms with Crippen molar-refractivity contribution in [2.24, 2.45) is 0 Å². The van der Waals surface area contributed by atoms with E-state index in [0.717, 1.165) is 24.0 Å². The maximum atomic E-state index is 12.6. The Labute approximate surface area is 164 Å². The van der Waals surface area contributed by atoms with Crippen LogP contribution >= 0.6 is 0 Å². The first kappa shape index (κ1) is 18.6. The standard InChI is InChI=1S/C21H24N4O3/c1-28-20-19(16-4-9-22-10-5-16)25(21(20)27)17-6-11-24(12-7-17)18(26)13-15-3-2-8-23-14-15/h2-5,8-10,14,17,19-20H,6-7,11-13H2,1H3/t19-,20+/m0/s1. The summed E-state index contributed by atoms with van der Waals surface area (Å²) in [6.07, 6.45) is 8.40. The van der Waals surface area contributed by atoms with Crippen molar-refractivity contribution in [1.29, 1.82) is 0 Å². The Kier molecular flexibility index (Phi) is 5.34. The van der Waals surface area contributed by atoms with Crippen LogP contribution in [0.5, 0.6) is 0 Å². The fraction of sp³-hybridized carbons (Fsp3) is 0.429. The van der Waals surface area contributed by atoms with Crippen molar-refractivity contribution < 1.29 is 14.3 Å². The number of hydrogen-bond donors (Lipinski definition) is 0. The molecule has 0 radical (unpaired) electrons. The number of likely N-dealkylation sites (tertiary alicyclic amines) is 2. The molecule has 7 nitrogen and oxygen atoms in total.